The lowest BCUT2D eigenvalue weighted by molar-refractivity contribution is -0.122. The largest absolute Gasteiger partial charge is 0.394 e. The van der Waals surface area contributed by atoms with Crippen LogP contribution >= 0.6 is 0 Å². The van der Waals surface area contributed by atoms with Crippen LogP contribution in [0.25, 0.3) is 0 Å². The van der Waals surface area contributed by atoms with E-state index in [4.69, 9.17) is 0 Å². The first-order valence-corrected chi connectivity index (χ1v) is 12.5. The Balaban J connectivity index is 3.94. The third-order valence-corrected chi connectivity index (χ3v) is 5.02. The maximum absolute atomic E-state index is 12.1. The average Bonchev–Trinajstić information content (AvgIpc) is 2.79. The van der Waals surface area contributed by atoms with Gasteiger partial charge in [0, 0.05) is 6.42 Å². The zero-order chi connectivity index (χ0) is 23.7. The van der Waals surface area contributed by atoms with Crippen LogP contribution in [-0.2, 0) is 4.79 Å². The molecule has 0 saturated heterocycles. The van der Waals surface area contributed by atoms with Crippen molar-refractivity contribution >= 4 is 5.91 Å². The molecular formula is C28H47NO3. The van der Waals surface area contributed by atoms with E-state index >= 15 is 0 Å². The Morgan fingerprint density at radius 1 is 0.781 bits per heavy atom. The van der Waals surface area contributed by atoms with Crippen LogP contribution in [-0.4, -0.2) is 34.9 Å². The smallest absolute Gasteiger partial charge is 0.220 e. The summed E-state index contributed by atoms with van der Waals surface area (Å²) in [4.78, 5) is 12.1. The molecule has 32 heavy (non-hydrogen) atoms. The van der Waals surface area contributed by atoms with E-state index in [2.05, 4.69) is 61.7 Å². The van der Waals surface area contributed by atoms with E-state index in [0.717, 1.165) is 38.5 Å². The molecule has 0 heterocycles. The summed E-state index contributed by atoms with van der Waals surface area (Å²) in [6.07, 6.45) is 31.6. The summed E-state index contributed by atoms with van der Waals surface area (Å²) in [6, 6.07) is -0.656. The molecule has 0 radical (unpaired) electrons. The SMILES string of the molecule is CC/C=C\C/C=C\C/C=C\C/C=C\CCC(=O)NC(CO)C(O)/C=C/CCCCCCC. The van der Waals surface area contributed by atoms with E-state index in [1.54, 1.807) is 6.08 Å². The van der Waals surface area contributed by atoms with Gasteiger partial charge in [0.1, 0.15) is 0 Å². The minimum atomic E-state index is -0.864. The van der Waals surface area contributed by atoms with E-state index in [1.165, 1.54) is 25.7 Å². The number of hydrogen-bond acceptors (Lipinski definition) is 3. The summed E-state index contributed by atoms with van der Waals surface area (Å²) in [5.74, 6) is -0.154. The van der Waals surface area contributed by atoms with Gasteiger partial charge in [0.15, 0.2) is 0 Å². The molecule has 2 unspecified atom stereocenters. The molecule has 0 aromatic heterocycles. The van der Waals surface area contributed by atoms with E-state index in [1.807, 2.05) is 12.2 Å². The Morgan fingerprint density at radius 3 is 1.97 bits per heavy atom. The van der Waals surface area contributed by atoms with Crippen molar-refractivity contribution in [1.82, 2.24) is 5.32 Å². The number of allylic oxidation sites excluding steroid dienone is 9. The molecule has 0 bridgehead atoms. The van der Waals surface area contributed by atoms with Crippen molar-refractivity contribution in [3.05, 3.63) is 60.8 Å². The van der Waals surface area contributed by atoms with Gasteiger partial charge in [-0.05, 0) is 44.9 Å². The molecule has 0 aromatic rings. The Labute approximate surface area is 196 Å². The summed E-state index contributed by atoms with van der Waals surface area (Å²) in [6.45, 7) is 4.05. The Hall–Kier alpha value is -1.91. The summed E-state index contributed by atoms with van der Waals surface area (Å²) in [7, 11) is 0. The Bertz CT molecular complexity index is 575. The second-order valence-electron chi connectivity index (χ2n) is 8.02. The van der Waals surface area contributed by atoms with Gasteiger partial charge < -0.3 is 15.5 Å². The number of carbonyl (C=O) groups excluding carboxylic acids is 1. The number of rotatable bonds is 20. The molecule has 0 spiro atoms. The topological polar surface area (TPSA) is 69.6 Å². The van der Waals surface area contributed by atoms with Crippen LogP contribution in [0, 0.1) is 0 Å². The van der Waals surface area contributed by atoms with Gasteiger partial charge >= 0.3 is 0 Å². The average molecular weight is 446 g/mol. The van der Waals surface area contributed by atoms with Crippen LogP contribution < -0.4 is 5.32 Å². The molecule has 1 amide bonds. The van der Waals surface area contributed by atoms with Crippen LogP contribution in [0.2, 0.25) is 0 Å². The lowest BCUT2D eigenvalue weighted by Crippen LogP contribution is -2.45. The second kappa shape index (κ2) is 23.7. The third kappa shape index (κ3) is 20.0. The summed E-state index contributed by atoms with van der Waals surface area (Å²) in [5.41, 5.74) is 0. The van der Waals surface area contributed by atoms with Gasteiger partial charge in [-0.3, -0.25) is 4.79 Å². The maximum atomic E-state index is 12.1. The molecule has 0 saturated carbocycles. The van der Waals surface area contributed by atoms with Gasteiger partial charge in [0.25, 0.3) is 0 Å². The summed E-state index contributed by atoms with van der Waals surface area (Å²) in [5, 5.41) is 22.4. The van der Waals surface area contributed by atoms with E-state index in [9.17, 15) is 15.0 Å². The van der Waals surface area contributed by atoms with Gasteiger partial charge in [-0.2, -0.15) is 0 Å². The number of aliphatic hydroxyl groups excluding tert-OH is 2. The molecule has 0 fully saturated rings. The van der Waals surface area contributed by atoms with Crippen molar-refractivity contribution in [3.8, 4) is 0 Å². The van der Waals surface area contributed by atoms with Gasteiger partial charge in [0.2, 0.25) is 5.91 Å². The highest BCUT2D eigenvalue weighted by atomic mass is 16.3. The van der Waals surface area contributed by atoms with Crippen molar-refractivity contribution in [3.63, 3.8) is 0 Å². The van der Waals surface area contributed by atoms with Crippen LogP contribution in [0.4, 0.5) is 0 Å². The zero-order valence-electron chi connectivity index (χ0n) is 20.4. The van der Waals surface area contributed by atoms with Crippen molar-refractivity contribution in [2.24, 2.45) is 0 Å². The summed E-state index contributed by atoms with van der Waals surface area (Å²) < 4.78 is 0. The quantitative estimate of drug-likeness (QED) is 0.152. The number of carbonyl (C=O) groups is 1. The zero-order valence-corrected chi connectivity index (χ0v) is 20.4. The maximum Gasteiger partial charge on any atom is 0.220 e. The van der Waals surface area contributed by atoms with Crippen molar-refractivity contribution in [2.75, 3.05) is 6.61 Å². The monoisotopic (exact) mass is 445 g/mol. The predicted octanol–water partition coefficient (Wildman–Crippen LogP) is 6.33. The van der Waals surface area contributed by atoms with Gasteiger partial charge in [-0.15, -0.1) is 0 Å². The number of aliphatic hydroxyl groups is 2. The van der Waals surface area contributed by atoms with Crippen LogP contribution in [0.3, 0.4) is 0 Å². The Kier molecular flexibility index (Phi) is 22.3. The molecule has 0 aliphatic heterocycles. The molecule has 0 aliphatic rings. The van der Waals surface area contributed by atoms with Crippen molar-refractivity contribution < 1.29 is 15.0 Å². The summed E-state index contributed by atoms with van der Waals surface area (Å²) >= 11 is 0. The second-order valence-corrected chi connectivity index (χ2v) is 8.02. The van der Waals surface area contributed by atoms with Crippen LogP contribution in [0.5, 0.6) is 0 Å². The minimum absolute atomic E-state index is 0.154. The molecule has 2 atom stereocenters. The molecule has 0 rings (SSSR count). The number of amides is 1. The first-order chi connectivity index (χ1) is 15.7. The van der Waals surface area contributed by atoms with Gasteiger partial charge in [-0.1, -0.05) is 100 Å². The molecule has 3 N–H and O–H groups in total. The fourth-order valence-corrected chi connectivity index (χ4v) is 3.07. The fourth-order valence-electron chi connectivity index (χ4n) is 3.07. The lowest BCUT2D eigenvalue weighted by atomic mass is 10.1. The third-order valence-electron chi connectivity index (χ3n) is 5.02. The van der Waals surface area contributed by atoms with Crippen molar-refractivity contribution in [1.29, 1.82) is 0 Å². The molecule has 4 heteroatoms. The molecule has 0 aliphatic carbocycles. The van der Waals surface area contributed by atoms with E-state index in [0.29, 0.717) is 12.8 Å². The number of hydrogen-bond donors (Lipinski definition) is 3. The first-order valence-electron chi connectivity index (χ1n) is 12.5. The number of nitrogens with one attached hydrogen (secondary N) is 1. The highest BCUT2D eigenvalue weighted by molar-refractivity contribution is 5.76. The normalized spacial score (nSPS) is 14.5. The molecule has 4 nitrogen and oxygen atoms in total. The molecule has 182 valence electrons. The van der Waals surface area contributed by atoms with Gasteiger partial charge in [-0.25, -0.2) is 0 Å². The van der Waals surface area contributed by atoms with Crippen LogP contribution in [0.15, 0.2) is 60.8 Å². The van der Waals surface area contributed by atoms with Gasteiger partial charge in [0.05, 0.1) is 18.8 Å². The standard InChI is InChI=1S/C28H47NO3/c1-3-5-7-9-11-12-13-14-15-16-18-20-22-24-28(32)29-26(25-30)27(31)23-21-19-17-10-8-6-4-2/h5,7,11-12,14-15,18,20-21,23,26-27,30-31H,3-4,6,8-10,13,16-17,19,22,24-25H2,1-2H3,(H,29,32)/b7-5-,12-11-,15-14-,20-18-,23-21+. The Morgan fingerprint density at radius 2 is 1.38 bits per heavy atom. The van der Waals surface area contributed by atoms with E-state index < -0.39 is 12.1 Å². The van der Waals surface area contributed by atoms with Crippen molar-refractivity contribution in [2.45, 2.75) is 103 Å². The predicted molar refractivity (Wildman–Crippen MR) is 137 cm³/mol. The fraction of sp³-hybridized carbons (Fsp3) is 0.607. The first kappa shape index (κ1) is 30.1. The van der Waals surface area contributed by atoms with E-state index in [-0.39, 0.29) is 12.5 Å². The van der Waals surface area contributed by atoms with Crippen LogP contribution in [0.1, 0.15) is 90.9 Å². The lowest BCUT2D eigenvalue weighted by Gasteiger charge is -2.19. The molecular weight excluding hydrogens is 398 g/mol. The highest BCUT2D eigenvalue weighted by Gasteiger charge is 2.17. The molecule has 0 aromatic carbocycles. The number of unbranched alkanes of at least 4 members (excludes halogenated alkanes) is 5. The minimum Gasteiger partial charge on any atom is -0.394 e. The highest BCUT2D eigenvalue weighted by Crippen LogP contribution is 2.06.